The number of halogens is 1. The molecule has 12 heterocycles. The smallest absolute Gasteiger partial charge is 0.261 e. The van der Waals surface area contributed by atoms with E-state index in [9.17, 15) is 25.3 Å². The van der Waals surface area contributed by atoms with Crippen molar-refractivity contribution in [3.8, 4) is 68.7 Å². The summed E-state index contributed by atoms with van der Waals surface area (Å²) < 4.78 is 116. The Hall–Kier alpha value is -10.0. The van der Waals surface area contributed by atoms with Crippen LogP contribution in [0.4, 0.5) is 0 Å². The Morgan fingerprint density at radius 1 is 0.360 bits per heavy atom. The topological polar surface area (TPSA) is 268 Å². The minimum atomic E-state index is -3.69. The van der Waals surface area contributed by atoms with Crippen LogP contribution in [0.25, 0.3) is 67.7 Å². The highest BCUT2D eigenvalue weighted by molar-refractivity contribution is 8.13. The maximum absolute atomic E-state index is 13.3. The highest BCUT2D eigenvalue weighted by Crippen LogP contribution is 2.41. The van der Waals surface area contributed by atoms with Crippen LogP contribution in [0.2, 0.25) is 0 Å². The minimum Gasteiger partial charge on any atom is -0.454 e. The van der Waals surface area contributed by atoms with E-state index in [1.807, 2.05) is 109 Å². The van der Waals surface area contributed by atoms with E-state index < -0.39 is 29.1 Å². The van der Waals surface area contributed by atoms with Gasteiger partial charge in [0.15, 0.2) is 51.4 Å². The highest BCUT2D eigenvalue weighted by Gasteiger charge is 2.36. The van der Waals surface area contributed by atoms with Crippen molar-refractivity contribution in [1.82, 2.24) is 57.5 Å². The van der Waals surface area contributed by atoms with Crippen LogP contribution in [0.3, 0.4) is 0 Å². The zero-order chi connectivity index (χ0) is 68.4. The van der Waals surface area contributed by atoms with E-state index in [2.05, 4.69) is 58.2 Å². The van der Waals surface area contributed by atoms with Crippen LogP contribution in [0, 0.1) is 0 Å². The number of aromatic nitrogens is 9. The lowest BCUT2D eigenvalue weighted by molar-refractivity contribution is 0.173. The summed E-state index contributed by atoms with van der Waals surface area (Å²) in [7, 11) is -5.80. The number of nitrogens with one attached hydrogen (secondary N) is 1. The van der Waals surface area contributed by atoms with Crippen LogP contribution in [0.5, 0.6) is 34.5 Å². The zero-order valence-electron chi connectivity index (χ0n) is 53.8. The van der Waals surface area contributed by atoms with Gasteiger partial charge in [-0.1, -0.05) is 91.0 Å². The van der Waals surface area contributed by atoms with Crippen molar-refractivity contribution in [2.75, 3.05) is 59.6 Å². The molecule has 24 nitrogen and oxygen atoms in total. The van der Waals surface area contributed by atoms with Gasteiger partial charge in [0, 0.05) is 108 Å². The first-order valence-electron chi connectivity index (χ1n) is 32.7. The maximum atomic E-state index is 13.3. The number of hydrogen-bond acceptors (Lipinski definition) is 19. The molecule has 0 amide bonds. The largest absolute Gasteiger partial charge is 0.454 e. The molecule has 0 unspecified atom stereocenters. The van der Waals surface area contributed by atoms with Crippen molar-refractivity contribution < 1.29 is 53.7 Å². The number of rotatable bonds is 11. The number of benzene rings is 6. The summed E-state index contributed by atoms with van der Waals surface area (Å²) in [5, 5.41) is 3.43. The molecular weight excluding hydrogens is 1360 g/mol. The molecule has 512 valence electrons. The Bertz CT molecular complexity index is 5080. The molecule has 18 rings (SSSR count). The SMILES string of the molecule is O=S(=O)(Cl)c1ccc2c(c1)OCO2.O=S(=O)(c1ccc2c(c1)OCO2)N1CCC(n2c(-c3ccccc3)nc3cccnc32)CC1.O=S(=O)(c1ccc2c(c1)OCO2)N1CCC(n2c(-c3ccccc3)nc3cccnc32)CC1.c1ccc(-c2nc3cccnc3n2C2CCNCC2)cc1. The Morgan fingerprint density at radius 3 is 1.01 bits per heavy atom. The van der Waals surface area contributed by atoms with Crippen molar-refractivity contribution in [1.29, 1.82) is 0 Å². The number of sulfonamides is 2. The molecule has 6 aromatic heterocycles. The summed E-state index contributed by atoms with van der Waals surface area (Å²) in [6.07, 6.45) is 10.3. The third-order valence-electron chi connectivity index (χ3n) is 18.3. The number of pyridine rings is 3. The molecule has 100 heavy (non-hydrogen) atoms. The second kappa shape index (κ2) is 28.3. The first kappa shape index (κ1) is 65.9. The first-order valence-corrected chi connectivity index (χ1v) is 37.9. The minimum absolute atomic E-state index is 0.0124. The van der Waals surface area contributed by atoms with E-state index >= 15 is 0 Å². The molecule has 0 radical (unpaired) electrons. The van der Waals surface area contributed by atoms with Crippen molar-refractivity contribution >= 4 is 73.3 Å². The van der Waals surface area contributed by atoms with Gasteiger partial charge in [-0.25, -0.2) is 55.2 Å². The normalized spacial score (nSPS) is 16.5. The predicted octanol–water partition coefficient (Wildman–Crippen LogP) is 12.1. The fourth-order valence-corrected chi connectivity index (χ4v) is 17.1. The zero-order valence-corrected chi connectivity index (χ0v) is 57.0. The lowest BCUT2D eigenvalue weighted by atomic mass is 10.1. The molecule has 28 heteroatoms. The molecule has 0 atom stereocenters. The summed E-state index contributed by atoms with van der Waals surface area (Å²) >= 11 is 0. The van der Waals surface area contributed by atoms with Crippen molar-refractivity contribution in [2.24, 2.45) is 0 Å². The van der Waals surface area contributed by atoms with E-state index in [4.69, 9.17) is 54.1 Å². The Balaban J connectivity index is 0.000000114. The van der Waals surface area contributed by atoms with Crippen LogP contribution < -0.4 is 33.7 Å². The van der Waals surface area contributed by atoms with Gasteiger partial charge in [0.05, 0.1) is 14.7 Å². The number of nitrogens with zero attached hydrogens (tertiary/aromatic N) is 11. The van der Waals surface area contributed by atoms with E-state index in [1.165, 1.54) is 18.2 Å². The molecule has 0 bridgehead atoms. The average Bonchev–Trinajstić information content (AvgIpc) is 1.46. The Morgan fingerprint density at radius 2 is 0.670 bits per heavy atom. The number of fused-ring (bicyclic) bond motifs is 6. The fourth-order valence-electron chi connectivity index (χ4n) is 13.3. The number of ether oxygens (including phenoxy) is 6. The lowest BCUT2D eigenvalue weighted by Gasteiger charge is -2.32. The molecular formula is C72H67ClN12O12S3. The molecule has 3 saturated heterocycles. The molecule has 0 spiro atoms. The van der Waals surface area contributed by atoms with E-state index in [-0.39, 0.29) is 47.1 Å². The van der Waals surface area contributed by atoms with Crippen LogP contribution >= 0.6 is 10.7 Å². The van der Waals surface area contributed by atoms with Crippen LogP contribution in [0.15, 0.2) is 215 Å². The molecule has 6 aromatic carbocycles. The van der Waals surface area contributed by atoms with Gasteiger partial charge in [0.25, 0.3) is 9.05 Å². The molecule has 0 aliphatic carbocycles. The first-order chi connectivity index (χ1) is 48.7. The van der Waals surface area contributed by atoms with Gasteiger partial charge < -0.3 is 47.4 Å². The summed E-state index contributed by atoms with van der Waals surface area (Å²) in [5.74, 6) is 5.77. The van der Waals surface area contributed by atoms with Gasteiger partial charge in [-0.2, -0.15) is 8.61 Å². The summed E-state index contributed by atoms with van der Waals surface area (Å²) in [6, 6.07) is 56.6. The third-order valence-corrected chi connectivity index (χ3v) is 23.4. The monoisotopic (exact) mass is 1420 g/mol. The van der Waals surface area contributed by atoms with E-state index in [0.717, 1.165) is 93.6 Å². The second-order valence-corrected chi connectivity index (χ2v) is 30.7. The van der Waals surface area contributed by atoms with Gasteiger partial charge in [0.1, 0.15) is 34.0 Å². The van der Waals surface area contributed by atoms with Gasteiger partial charge in [-0.05, 0) is 124 Å². The number of hydrogen-bond donors (Lipinski definition) is 1. The third kappa shape index (κ3) is 13.5. The fraction of sp³-hybridized carbons (Fsp3) is 0.250. The molecule has 12 aromatic rings. The van der Waals surface area contributed by atoms with Crippen molar-refractivity contribution in [3.63, 3.8) is 0 Å². The quantitative estimate of drug-likeness (QED) is 0.118. The van der Waals surface area contributed by atoms with Gasteiger partial charge in [-0.3, -0.25) is 0 Å². The summed E-state index contributed by atoms with van der Waals surface area (Å²) in [4.78, 5) is 28.8. The molecule has 6 aliphatic heterocycles. The molecule has 6 aliphatic rings. The van der Waals surface area contributed by atoms with Gasteiger partial charge >= 0.3 is 0 Å². The lowest BCUT2D eigenvalue weighted by Crippen LogP contribution is -2.39. The maximum Gasteiger partial charge on any atom is 0.261 e. The predicted molar refractivity (Wildman–Crippen MR) is 375 cm³/mol. The standard InChI is InChI=1S/2C24H22N4O4S.C17H18N4.C7H5ClO4S/c2*29-33(30,19-8-9-21-22(15-19)32-16-31-21)27-13-10-18(11-14-27)28-23(17-5-2-1-3-6-17)26-20-7-4-12-25-24(20)28;1-2-5-13(6-3-1)16-20-15-7-4-10-19-17(15)21(16)14-8-11-18-12-9-14;8-13(9,10)5-1-2-6-7(3-5)12-4-11-6/h2*1-9,12,15,18H,10-11,13-14,16H2;1-7,10,14,18H,8-9,11-12H2;1-3H,4H2. The number of piperidine rings is 3. The molecule has 3 fully saturated rings. The molecule has 1 N–H and O–H groups in total. The van der Waals surface area contributed by atoms with E-state index in [1.54, 1.807) is 57.4 Å². The van der Waals surface area contributed by atoms with Gasteiger partial charge in [-0.15, -0.1) is 0 Å². The molecule has 0 saturated carbocycles. The van der Waals surface area contributed by atoms with Crippen LogP contribution in [-0.4, -0.2) is 137 Å². The Labute approximate surface area is 581 Å². The Kier molecular flexibility index (Phi) is 18.7. The average molecular weight is 1420 g/mol. The van der Waals surface area contributed by atoms with Gasteiger partial charge in [0.2, 0.25) is 40.4 Å². The van der Waals surface area contributed by atoms with Crippen LogP contribution in [-0.2, 0) is 29.1 Å². The second-order valence-electron chi connectivity index (χ2n) is 24.3. The van der Waals surface area contributed by atoms with Crippen molar-refractivity contribution in [2.45, 2.75) is 71.3 Å². The summed E-state index contributed by atoms with van der Waals surface area (Å²) in [5.41, 5.74) is 8.52. The van der Waals surface area contributed by atoms with E-state index in [0.29, 0.717) is 92.4 Å². The highest BCUT2D eigenvalue weighted by atomic mass is 35.7. The van der Waals surface area contributed by atoms with Crippen LogP contribution in [0.1, 0.15) is 56.7 Å². The summed E-state index contributed by atoms with van der Waals surface area (Å²) in [6.45, 7) is 4.13. The van der Waals surface area contributed by atoms with Crippen molar-refractivity contribution in [3.05, 3.63) is 201 Å². The number of imidazole rings is 3.